The van der Waals surface area contributed by atoms with E-state index in [-0.39, 0.29) is 5.92 Å². The molecule has 3 rings (SSSR count). The highest BCUT2D eigenvalue weighted by Gasteiger charge is 2.28. The van der Waals surface area contributed by atoms with Crippen molar-refractivity contribution in [3.63, 3.8) is 0 Å². The third-order valence-electron chi connectivity index (χ3n) is 3.88. The van der Waals surface area contributed by atoms with Gasteiger partial charge >= 0.3 is 0 Å². The van der Waals surface area contributed by atoms with Crippen LogP contribution in [0.4, 0.5) is 0 Å². The Morgan fingerprint density at radius 1 is 1.26 bits per heavy atom. The molecule has 0 aliphatic heterocycles. The number of aryl methyl sites for hydroxylation is 2. The third kappa shape index (κ3) is 2.38. The summed E-state index contributed by atoms with van der Waals surface area (Å²) in [5.41, 5.74) is 4.23. The van der Waals surface area contributed by atoms with Crippen molar-refractivity contribution in [3.8, 4) is 0 Å². The van der Waals surface area contributed by atoms with E-state index < -0.39 is 6.10 Å². The Morgan fingerprint density at radius 2 is 2.16 bits per heavy atom. The van der Waals surface area contributed by atoms with E-state index in [1.54, 1.807) is 6.20 Å². The summed E-state index contributed by atoms with van der Waals surface area (Å²) in [6.45, 7) is 1.95. The van der Waals surface area contributed by atoms with Gasteiger partial charge in [0.05, 0.1) is 6.10 Å². The largest absolute Gasteiger partial charge is 0.388 e. The number of aromatic nitrogens is 2. The number of aliphatic hydroxyl groups is 1. The highest BCUT2D eigenvalue weighted by Crippen LogP contribution is 2.38. The lowest BCUT2D eigenvalue weighted by Crippen LogP contribution is -2.18. The smallest absolute Gasteiger partial charge is 0.0874 e. The molecule has 3 nitrogen and oxygen atoms in total. The highest BCUT2D eigenvalue weighted by atomic mass is 16.3. The number of rotatable bonds is 2. The molecule has 0 bridgehead atoms. The molecule has 2 unspecified atom stereocenters. The van der Waals surface area contributed by atoms with Crippen molar-refractivity contribution in [2.45, 2.75) is 38.2 Å². The second-order valence-corrected chi connectivity index (χ2v) is 5.22. The van der Waals surface area contributed by atoms with Crippen molar-refractivity contribution < 1.29 is 5.11 Å². The Labute approximate surface area is 113 Å². The lowest BCUT2D eigenvalue weighted by molar-refractivity contribution is 0.134. The van der Waals surface area contributed by atoms with Crippen LogP contribution in [-0.2, 0) is 6.42 Å². The summed E-state index contributed by atoms with van der Waals surface area (Å²) >= 11 is 0. The molecule has 0 saturated carbocycles. The predicted octanol–water partition coefficient (Wildman–Crippen LogP) is 2.94. The van der Waals surface area contributed by atoms with Crippen molar-refractivity contribution >= 4 is 0 Å². The maximum absolute atomic E-state index is 10.6. The molecule has 0 aromatic carbocycles. The molecule has 2 aromatic heterocycles. The number of pyridine rings is 2. The fourth-order valence-electron chi connectivity index (χ4n) is 2.94. The van der Waals surface area contributed by atoms with Crippen molar-refractivity contribution in [2.75, 3.05) is 0 Å². The zero-order valence-corrected chi connectivity index (χ0v) is 11.1. The Kier molecular flexibility index (Phi) is 3.30. The summed E-state index contributed by atoms with van der Waals surface area (Å²) in [7, 11) is 0. The van der Waals surface area contributed by atoms with Crippen LogP contribution < -0.4 is 0 Å². The number of hydrogen-bond donors (Lipinski definition) is 1. The molecule has 0 spiro atoms. The molecule has 2 heterocycles. The number of aliphatic hydroxyl groups excluding tert-OH is 1. The summed E-state index contributed by atoms with van der Waals surface area (Å²) in [5.74, 6) is 0.103. The van der Waals surface area contributed by atoms with Crippen molar-refractivity contribution in [1.29, 1.82) is 0 Å². The van der Waals surface area contributed by atoms with Gasteiger partial charge in [0, 0.05) is 29.7 Å². The molecule has 1 aliphatic carbocycles. The molecule has 1 N–H and O–H groups in total. The van der Waals surface area contributed by atoms with Crippen molar-refractivity contribution in [1.82, 2.24) is 9.97 Å². The van der Waals surface area contributed by atoms with E-state index in [4.69, 9.17) is 0 Å². The predicted molar refractivity (Wildman–Crippen MR) is 73.8 cm³/mol. The van der Waals surface area contributed by atoms with Crippen molar-refractivity contribution in [2.24, 2.45) is 0 Å². The first-order valence-corrected chi connectivity index (χ1v) is 6.80. The molecule has 3 heteroatoms. The van der Waals surface area contributed by atoms with Gasteiger partial charge in [-0.15, -0.1) is 0 Å². The van der Waals surface area contributed by atoms with Crippen LogP contribution in [0, 0.1) is 6.92 Å². The van der Waals surface area contributed by atoms with Gasteiger partial charge < -0.3 is 5.11 Å². The van der Waals surface area contributed by atoms with Gasteiger partial charge in [0.15, 0.2) is 0 Å². The minimum atomic E-state index is -0.490. The normalized spacial score (nSPS) is 19.8. The minimum absolute atomic E-state index is 0.103. The molecular weight excluding hydrogens is 236 g/mol. The average Bonchev–Trinajstić information content (AvgIpc) is 2.46. The van der Waals surface area contributed by atoms with Crippen LogP contribution in [0.15, 0.2) is 36.7 Å². The molecule has 19 heavy (non-hydrogen) atoms. The molecule has 0 fully saturated rings. The zero-order valence-electron chi connectivity index (χ0n) is 11.1. The van der Waals surface area contributed by atoms with Crippen LogP contribution in [0.1, 0.15) is 47.4 Å². The van der Waals surface area contributed by atoms with E-state index in [0.29, 0.717) is 0 Å². The Balaban J connectivity index is 1.95. The molecule has 0 radical (unpaired) electrons. The molecule has 2 aromatic rings. The number of nitrogens with zero attached hydrogens (tertiary/aromatic N) is 2. The lowest BCUT2D eigenvalue weighted by atomic mass is 9.81. The molecule has 98 valence electrons. The van der Waals surface area contributed by atoms with Crippen molar-refractivity contribution in [3.05, 3.63) is 59.2 Å². The topological polar surface area (TPSA) is 46.0 Å². The van der Waals surface area contributed by atoms with E-state index in [2.05, 4.69) is 16.0 Å². The Morgan fingerprint density at radius 3 is 3.00 bits per heavy atom. The van der Waals surface area contributed by atoms with Gasteiger partial charge in [-0.05, 0) is 55.5 Å². The first-order chi connectivity index (χ1) is 9.25. The molecule has 1 aliphatic rings. The summed E-state index contributed by atoms with van der Waals surface area (Å²) < 4.78 is 0. The van der Waals surface area contributed by atoms with Crippen LogP contribution in [-0.4, -0.2) is 15.1 Å². The van der Waals surface area contributed by atoms with E-state index in [1.165, 1.54) is 5.56 Å². The summed E-state index contributed by atoms with van der Waals surface area (Å²) in [4.78, 5) is 8.68. The molecule has 2 atom stereocenters. The first kappa shape index (κ1) is 12.3. The molecule has 0 saturated heterocycles. The third-order valence-corrected chi connectivity index (χ3v) is 3.88. The maximum Gasteiger partial charge on any atom is 0.0874 e. The van der Waals surface area contributed by atoms with Crippen LogP contribution >= 0.6 is 0 Å². The van der Waals surface area contributed by atoms with Gasteiger partial charge in [-0.25, -0.2) is 0 Å². The minimum Gasteiger partial charge on any atom is -0.388 e. The monoisotopic (exact) mass is 254 g/mol. The lowest BCUT2D eigenvalue weighted by Gasteiger charge is -2.28. The van der Waals surface area contributed by atoms with Crippen LogP contribution in [0.2, 0.25) is 0 Å². The summed E-state index contributed by atoms with van der Waals surface area (Å²) in [6, 6.07) is 7.96. The van der Waals surface area contributed by atoms with Crippen LogP contribution in [0.25, 0.3) is 0 Å². The summed E-state index contributed by atoms with van der Waals surface area (Å²) in [6.07, 6.45) is 6.27. The highest BCUT2D eigenvalue weighted by molar-refractivity contribution is 5.30. The first-order valence-electron chi connectivity index (χ1n) is 6.80. The van der Waals surface area contributed by atoms with Gasteiger partial charge in [-0.2, -0.15) is 0 Å². The quantitative estimate of drug-likeness (QED) is 0.896. The average molecular weight is 254 g/mol. The van der Waals surface area contributed by atoms with Gasteiger partial charge in [0.2, 0.25) is 0 Å². The SMILES string of the molecule is Cc1cc(C(O)C2CCCc3cccnc32)ccn1. The van der Waals surface area contributed by atoms with E-state index in [1.807, 2.05) is 31.3 Å². The standard InChI is InChI=1S/C16H18N2O/c1-11-10-13(7-9-17-11)16(19)14-6-2-4-12-5-3-8-18-15(12)14/h3,5,7-10,14,16,19H,2,4,6H2,1H3. The van der Waals surface area contributed by atoms with E-state index >= 15 is 0 Å². The van der Waals surface area contributed by atoms with Gasteiger partial charge in [-0.1, -0.05) is 6.07 Å². The zero-order chi connectivity index (χ0) is 13.2. The maximum atomic E-state index is 10.6. The van der Waals surface area contributed by atoms with Gasteiger partial charge in [-0.3, -0.25) is 9.97 Å². The van der Waals surface area contributed by atoms with Gasteiger partial charge in [0.1, 0.15) is 0 Å². The Bertz CT molecular complexity index is 582. The second-order valence-electron chi connectivity index (χ2n) is 5.22. The van der Waals surface area contributed by atoms with E-state index in [9.17, 15) is 5.11 Å². The fourth-order valence-corrected chi connectivity index (χ4v) is 2.94. The fraction of sp³-hybridized carbons (Fsp3) is 0.375. The number of hydrogen-bond acceptors (Lipinski definition) is 3. The van der Waals surface area contributed by atoms with Crippen LogP contribution in [0.3, 0.4) is 0 Å². The summed E-state index contributed by atoms with van der Waals surface area (Å²) in [5, 5.41) is 10.6. The second kappa shape index (κ2) is 5.10. The molecular formula is C16H18N2O. The van der Waals surface area contributed by atoms with E-state index in [0.717, 1.165) is 36.2 Å². The van der Waals surface area contributed by atoms with Gasteiger partial charge in [0.25, 0.3) is 0 Å². The molecule has 0 amide bonds. The van der Waals surface area contributed by atoms with Crippen LogP contribution in [0.5, 0.6) is 0 Å². The number of fused-ring (bicyclic) bond motifs is 1. The Hall–Kier alpha value is -1.74.